The molecular weight excluding hydrogens is 190 g/mol. The largest absolute Gasteiger partial charge is 0.454 e. The highest BCUT2D eigenvalue weighted by Crippen LogP contribution is 2.39. The van der Waals surface area contributed by atoms with Crippen molar-refractivity contribution in [1.29, 1.82) is 0 Å². The summed E-state index contributed by atoms with van der Waals surface area (Å²) in [6.45, 7) is 0.331. The fraction of sp³-hybridized carbons (Fsp3) is 0.500. The maximum Gasteiger partial charge on any atom is 0.231 e. The molecule has 0 aromatic heterocycles. The fourth-order valence-corrected chi connectivity index (χ4v) is 2.19. The average molecular weight is 205 g/mol. The molecule has 0 radical (unpaired) electrons. The molecular formula is C12H15NO2. The Morgan fingerprint density at radius 1 is 1.20 bits per heavy atom. The number of ether oxygens (including phenoxy) is 2. The minimum absolute atomic E-state index is 0.160. The molecule has 0 bridgehead atoms. The Labute approximate surface area is 89.2 Å². The van der Waals surface area contributed by atoms with Crippen molar-refractivity contribution in [3.8, 4) is 11.5 Å². The highest BCUT2D eigenvalue weighted by atomic mass is 16.7. The van der Waals surface area contributed by atoms with Crippen LogP contribution in [0.3, 0.4) is 0 Å². The van der Waals surface area contributed by atoms with Gasteiger partial charge < -0.3 is 15.2 Å². The van der Waals surface area contributed by atoms with E-state index in [1.165, 1.54) is 24.8 Å². The molecule has 1 unspecified atom stereocenters. The maximum absolute atomic E-state index is 6.20. The number of benzene rings is 1. The van der Waals surface area contributed by atoms with E-state index >= 15 is 0 Å². The van der Waals surface area contributed by atoms with E-state index in [4.69, 9.17) is 15.2 Å². The van der Waals surface area contributed by atoms with E-state index in [1.54, 1.807) is 0 Å². The van der Waals surface area contributed by atoms with Crippen molar-refractivity contribution in [2.75, 3.05) is 6.79 Å². The van der Waals surface area contributed by atoms with Crippen LogP contribution in [0.4, 0.5) is 0 Å². The number of hydrogen-bond donors (Lipinski definition) is 1. The zero-order valence-corrected chi connectivity index (χ0v) is 8.61. The summed E-state index contributed by atoms with van der Waals surface area (Å²) < 4.78 is 10.6. The molecule has 3 rings (SSSR count). The zero-order chi connectivity index (χ0) is 10.3. The van der Waals surface area contributed by atoms with Gasteiger partial charge in [-0.3, -0.25) is 0 Å². The average Bonchev–Trinajstić information content (AvgIpc) is 2.61. The third-order valence-corrected chi connectivity index (χ3v) is 3.44. The normalized spacial score (nSPS) is 21.1. The van der Waals surface area contributed by atoms with Crippen LogP contribution in [0.15, 0.2) is 18.2 Å². The van der Waals surface area contributed by atoms with Crippen LogP contribution in [-0.4, -0.2) is 6.79 Å². The molecule has 3 nitrogen and oxygen atoms in total. The molecule has 2 N–H and O–H groups in total. The lowest BCUT2D eigenvalue weighted by Gasteiger charge is -2.31. The van der Waals surface area contributed by atoms with Crippen molar-refractivity contribution < 1.29 is 9.47 Å². The molecule has 15 heavy (non-hydrogen) atoms. The number of rotatable bonds is 2. The molecule has 1 fully saturated rings. The van der Waals surface area contributed by atoms with Gasteiger partial charge in [-0.05, 0) is 36.5 Å². The van der Waals surface area contributed by atoms with Gasteiger partial charge in [-0.2, -0.15) is 0 Å². The summed E-state index contributed by atoms with van der Waals surface area (Å²) in [5, 5.41) is 0. The van der Waals surface area contributed by atoms with Gasteiger partial charge in [-0.1, -0.05) is 12.5 Å². The second-order valence-corrected chi connectivity index (χ2v) is 4.33. The number of nitrogens with two attached hydrogens (primary N) is 1. The summed E-state index contributed by atoms with van der Waals surface area (Å²) in [6.07, 6.45) is 3.84. The van der Waals surface area contributed by atoms with Crippen LogP contribution in [0.5, 0.6) is 11.5 Å². The van der Waals surface area contributed by atoms with Crippen LogP contribution >= 0.6 is 0 Å². The first-order valence-corrected chi connectivity index (χ1v) is 5.50. The van der Waals surface area contributed by atoms with Crippen LogP contribution in [0.25, 0.3) is 0 Å². The van der Waals surface area contributed by atoms with E-state index in [0.717, 1.165) is 11.5 Å². The van der Waals surface area contributed by atoms with Crippen LogP contribution in [-0.2, 0) is 0 Å². The van der Waals surface area contributed by atoms with Gasteiger partial charge >= 0.3 is 0 Å². The van der Waals surface area contributed by atoms with Crippen LogP contribution in [0, 0.1) is 5.92 Å². The quantitative estimate of drug-likeness (QED) is 0.805. The molecule has 1 aliphatic carbocycles. The Bertz CT molecular complexity index is 374. The number of fused-ring (bicyclic) bond motifs is 1. The summed E-state index contributed by atoms with van der Waals surface area (Å²) in [6, 6.07) is 6.19. The van der Waals surface area contributed by atoms with Gasteiger partial charge in [0.2, 0.25) is 6.79 Å². The topological polar surface area (TPSA) is 44.5 Å². The third-order valence-electron chi connectivity index (χ3n) is 3.44. The van der Waals surface area contributed by atoms with Crippen molar-refractivity contribution in [3.63, 3.8) is 0 Å². The highest BCUT2D eigenvalue weighted by molar-refractivity contribution is 5.45. The Hall–Kier alpha value is -1.22. The van der Waals surface area contributed by atoms with Crippen LogP contribution in [0.2, 0.25) is 0 Å². The third kappa shape index (κ3) is 1.47. The van der Waals surface area contributed by atoms with E-state index in [9.17, 15) is 0 Å². The lowest BCUT2D eigenvalue weighted by Crippen LogP contribution is -2.26. The molecule has 0 amide bonds. The van der Waals surface area contributed by atoms with Crippen molar-refractivity contribution in [3.05, 3.63) is 23.8 Å². The molecule has 1 aromatic carbocycles. The van der Waals surface area contributed by atoms with Crippen LogP contribution in [0.1, 0.15) is 30.9 Å². The molecule has 0 saturated heterocycles. The van der Waals surface area contributed by atoms with E-state index in [1.807, 2.05) is 12.1 Å². The van der Waals surface area contributed by atoms with Crippen molar-refractivity contribution in [2.24, 2.45) is 11.7 Å². The van der Waals surface area contributed by atoms with Gasteiger partial charge in [0, 0.05) is 6.04 Å². The summed E-state index contributed by atoms with van der Waals surface area (Å²) in [5.41, 5.74) is 7.37. The minimum atomic E-state index is 0.160. The molecule has 2 aliphatic rings. The van der Waals surface area contributed by atoms with E-state index < -0.39 is 0 Å². The van der Waals surface area contributed by atoms with Crippen molar-refractivity contribution in [1.82, 2.24) is 0 Å². The van der Waals surface area contributed by atoms with E-state index in [2.05, 4.69) is 6.07 Å². The Morgan fingerprint density at radius 2 is 2.00 bits per heavy atom. The predicted octanol–water partition coefficient (Wildman–Crippen LogP) is 2.22. The number of hydrogen-bond acceptors (Lipinski definition) is 3. The maximum atomic E-state index is 6.20. The fourth-order valence-electron chi connectivity index (χ4n) is 2.19. The second-order valence-electron chi connectivity index (χ2n) is 4.33. The van der Waals surface area contributed by atoms with Crippen LogP contribution < -0.4 is 15.2 Å². The zero-order valence-electron chi connectivity index (χ0n) is 8.61. The Kier molecular flexibility index (Phi) is 2.06. The smallest absolute Gasteiger partial charge is 0.231 e. The minimum Gasteiger partial charge on any atom is -0.454 e. The summed E-state index contributed by atoms with van der Waals surface area (Å²) in [4.78, 5) is 0. The molecule has 1 aliphatic heterocycles. The van der Waals surface area contributed by atoms with E-state index in [-0.39, 0.29) is 6.04 Å². The second kappa shape index (κ2) is 3.42. The molecule has 80 valence electrons. The first-order valence-electron chi connectivity index (χ1n) is 5.50. The van der Waals surface area contributed by atoms with Crippen molar-refractivity contribution in [2.45, 2.75) is 25.3 Å². The summed E-state index contributed by atoms with van der Waals surface area (Å²) >= 11 is 0. The Morgan fingerprint density at radius 3 is 2.73 bits per heavy atom. The van der Waals surface area contributed by atoms with Gasteiger partial charge in [0.1, 0.15) is 0 Å². The first kappa shape index (κ1) is 9.04. The summed E-state index contributed by atoms with van der Waals surface area (Å²) in [7, 11) is 0. The molecule has 1 heterocycles. The van der Waals surface area contributed by atoms with Gasteiger partial charge in [0.25, 0.3) is 0 Å². The SMILES string of the molecule is NC(c1ccc2c(c1)OCO2)C1CCC1. The highest BCUT2D eigenvalue weighted by Gasteiger charge is 2.26. The Balaban J connectivity index is 1.85. The monoisotopic (exact) mass is 205 g/mol. The lowest BCUT2D eigenvalue weighted by atomic mass is 9.77. The van der Waals surface area contributed by atoms with Crippen molar-refractivity contribution >= 4 is 0 Å². The van der Waals surface area contributed by atoms with Gasteiger partial charge in [-0.25, -0.2) is 0 Å². The van der Waals surface area contributed by atoms with E-state index in [0.29, 0.717) is 12.7 Å². The van der Waals surface area contributed by atoms with Gasteiger partial charge in [0.05, 0.1) is 0 Å². The first-order chi connectivity index (χ1) is 7.34. The summed E-state index contributed by atoms with van der Waals surface area (Å²) in [5.74, 6) is 2.33. The lowest BCUT2D eigenvalue weighted by molar-refractivity contribution is 0.174. The van der Waals surface area contributed by atoms with Gasteiger partial charge in [0.15, 0.2) is 11.5 Å². The standard InChI is InChI=1S/C12H15NO2/c13-12(8-2-1-3-8)9-4-5-10-11(6-9)15-7-14-10/h4-6,8,12H,1-3,7,13H2. The molecule has 0 spiro atoms. The molecule has 3 heteroatoms. The molecule has 1 atom stereocenters. The van der Waals surface area contributed by atoms with Gasteiger partial charge in [-0.15, -0.1) is 0 Å². The molecule has 1 aromatic rings. The predicted molar refractivity (Wildman–Crippen MR) is 56.8 cm³/mol. The molecule has 1 saturated carbocycles.